The molecule has 0 bridgehead atoms. The smallest absolute Gasteiger partial charge is 0.0991 e. The minimum absolute atomic E-state index is 0.449. The molecule has 0 fully saturated rings. The maximum Gasteiger partial charge on any atom is 0.0991 e. The summed E-state index contributed by atoms with van der Waals surface area (Å²) in [4.78, 5) is 0.976. The first-order chi connectivity index (χ1) is 5.24. The zero-order chi connectivity index (χ0) is 8.27. The zero-order valence-corrected chi connectivity index (χ0v) is 6.98. The highest BCUT2D eigenvalue weighted by Crippen LogP contribution is 2.06. The van der Waals surface area contributed by atoms with Crippen molar-refractivity contribution in [3.05, 3.63) is 29.8 Å². The molecular weight excluding hydrogens is 156 g/mol. The largest absolute Gasteiger partial charge is 0.276 e. The lowest BCUT2D eigenvalue weighted by atomic mass is 10.2. The third-order valence-corrected chi connectivity index (χ3v) is 2.32. The Morgan fingerprint density at radius 3 is 2.27 bits per heavy atom. The van der Waals surface area contributed by atoms with Crippen molar-refractivity contribution in [2.75, 3.05) is 6.26 Å². The lowest BCUT2D eigenvalue weighted by Gasteiger charge is -1.96. The van der Waals surface area contributed by atoms with Gasteiger partial charge < -0.3 is 0 Å². The molecule has 0 aromatic heterocycles. The lowest BCUT2D eigenvalue weighted by molar-refractivity contribution is 1.40. The van der Waals surface area contributed by atoms with E-state index in [1.54, 1.807) is 12.1 Å². The lowest BCUT2D eigenvalue weighted by Crippen LogP contribution is -1.84. The van der Waals surface area contributed by atoms with Crippen LogP contribution in [0.2, 0.25) is 0 Å². The summed E-state index contributed by atoms with van der Waals surface area (Å²) < 4.78 is 7.39. The fourth-order valence-corrected chi connectivity index (χ4v) is 1.28. The van der Waals surface area contributed by atoms with Gasteiger partial charge in [0.05, 0.1) is 11.6 Å². The molecule has 0 aliphatic rings. The van der Waals surface area contributed by atoms with Gasteiger partial charge in [-0.3, -0.25) is 4.78 Å². The Morgan fingerprint density at radius 2 is 1.91 bits per heavy atom. The second kappa shape index (κ2) is 3.31. The first-order valence-corrected chi connectivity index (χ1v) is 4.74. The quantitative estimate of drug-likeness (QED) is 0.677. The van der Waals surface area contributed by atoms with Crippen LogP contribution in [0.3, 0.4) is 0 Å². The average Bonchev–Trinajstić information content (AvgIpc) is 2.05. The summed E-state index contributed by atoms with van der Waals surface area (Å²) in [5, 5.41) is 8.47. The van der Waals surface area contributed by atoms with Crippen LogP contribution in [0, 0.1) is 16.1 Å². The molecule has 0 amide bonds. The topological polar surface area (TPSA) is 47.6 Å². The first-order valence-electron chi connectivity index (χ1n) is 3.11. The van der Waals surface area contributed by atoms with Gasteiger partial charge >= 0.3 is 0 Å². The van der Waals surface area contributed by atoms with Crippen LogP contribution in [-0.4, -0.2) is 6.26 Å². The molecule has 1 rings (SSSR count). The van der Waals surface area contributed by atoms with Gasteiger partial charge in [-0.25, -0.2) is 0 Å². The highest BCUT2D eigenvalue weighted by Gasteiger charge is 1.92. The van der Waals surface area contributed by atoms with Crippen LogP contribution in [0.25, 0.3) is 0 Å². The van der Waals surface area contributed by atoms with Crippen molar-refractivity contribution in [1.82, 2.24) is 0 Å². The van der Waals surface area contributed by atoms with Crippen LogP contribution in [0.1, 0.15) is 5.56 Å². The van der Waals surface area contributed by atoms with E-state index in [1.807, 2.05) is 24.5 Å². The predicted octanol–water partition coefficient (Wildman–Crippen LogP) is 1.93. The fraction of sp³-hybridized carbons (Fsp3) is 0.125. The van der Waals surface area contributed by atoms with Crippen molar-refractivity contribution >= 4 is 10.7 Å². The molecular formula is C8H8N2S. The third-order valence-electron chi connectivity index (χ3n) is 1.34. The molecule has 11 heavy (non-hydrogen) atoms. The molecule has 0 spiro atoms. The van der Waals surface area contributed by atoms with Crippen LogP contribution in [0.5, 0.6) is 0 Å². The van der Waals surface area contributed by atoms with Gasteiger partial charge in [0.15, 0.2) is 0 Å². The summed E-state index contributed by atoms with van der Waals surface area (Å²) in [6.45, 7) is 0. The highest BCUT2D eigenvalue weighted by atomic mass is 32.2. The van der Waals surface area contributed by atoms with Crippen LogP contribution in [-0.2, 0) is 10.7 Å². The molecule has 0 saturated carbocycles. The maximum absolute atomic E-state index is 8.47. The van der Waals surface area contributed by atoms with Crippen LogP contribution >= 0.6 is 0 Å². The Hall–Kier alpha value is -1.14. The highest BCUT2D eigenvalue weighted by molar-refractivity contribution is 7.85. The Bertz CT molecular complexity index is 308. The van der Waals surface area contributed by atoms with Gasteiger partial charge in [-0.1, -0.05) is 10.7 Å². The molecule has 0 heterocycles. The minimum atomic E-state index is -0.449. The summed E-state index contributed by atoms with van der Waals surface area (Å²) >= 11 is 0. The first kappa shape index (κ1) is 7.96. The minimum Gasteiger partial charge on any atom is -0.276 e. The number of hydrogen-bond donors (Lipinski definition) is 1. The van der Waals surface area contributed by atoms with Gasteiger partial charge in [0.2, 0.25) is 0 Å². The van der Waals surface area contributed by atoms with E-state index >= 15 is 0 Å². The van der Waals surface area contributed by atoms with E-state index in [0.717, 1.165) is 4.90 Å². The van der Waals surface area contributed by atoms with Gasteiger partial charge in [-0.05, 0) is 30.5 Å². The summed E-state index contributed by atoms with van der Waals surface area (Å²) in [6.07, 6.45) is 1.83. The molecule has 0 saturated heterocycles. The van der Waals surface area contributed by atoms with E-state index in [0.29, 0.717) is 5.56 Å². The number of benzene rings is 1. The van der Waals surface area contributed by atoms with Crippen molar-refractivity contribution < 1.29 is 0 Å². The Balaban J connectivity index is 3.03. The number of hydrogen-bond acceptors (Lipinski definition) is 2. The number of nitriles is 1. The fourth-order valence-electron chi connectivity index (χ4n) is 0.734. The summed E-state index contributed by atoms with van der Waals surface area (Å²) in [7, 11) is -0.449. The van der Waals surface area contributed by atoms with Gasteiger partial charge in [0.25, 0.3) is 0 Å². The number of rotatable bonds is 1. The zero-order valence-electron chi connectivity index (χ0n) is 6.16. The van der Waals surface area contributed by atoms with Gasteiger partial charge in [-0.15, -0.1) is 0 Å². The summed E-state index contributed by atoms with van der Waals surface area (Å²) in [6, 6.07) is 9.18. The molecule has 1 N–H and O–H groups in total. The van der Waals surface area contributed by atoms with Gasteiger partial charge in [0, 0.05) is 4.90 Å². The van der Waals surface area contributed by atoms with E-state index in [-0.39, 0.29) is 0 Å². The molecule has 1 atom stereocenters. The van der Waals surface area contributed by atoms with E-state index in [9.17, 15) is 0 Å². The van der Waals surface area contributed by atoms with Crippen molar-refractivity contribution in [3.63, 3.8) is 0 Å². The predicted molar refractivity (Wildman–Crippen MR) is 45.4 cm³/mol. The van der Waals surface area contributed by atoms with Gasteiger partial charge in [0.1, 0.15) is 0 Å². The van der Waals surface area contributed by atoms with Crippen molar-refractivity contribution in [2.45, 2.75) is 4.90 Å². The second-order valence-corrected chi connectivity index (χ2v) is 3.64. The Morgan fingerprint density at radius 1 is 1.36 bits per heavy atom. The molecule has 0 aliphatic carbocycles. The normalized spacial score (nSPS) is 12.0. The summed E-state index contributed by atoms with van der Waals surface area (Å²) in [5.41, 5.74) is 0.652. The maximum atomic E-state index is 8.47. The van der Waals surface area contributed by atoms with Crippen molar-refractivity contribution in [2.24, 2.45) is 0 Å². The molecule has 56 valence electrons. The van der Waals surface area contributed by atoms with Crippen molar-refractivity contribution in [1.29, 1.82) is 10.0 Å². The third kappa shape index (κ3) is 1.89. The number of nitrogens with zero attached hydrogens (tertiary/aromatic N) is 1. The molecule has 1 aromatic rings. The number of nitrogens with one attached hydrogen (secondary N) is 1. The monoisotopic (exact) mass is 164 g/mol. The Kier molecular flexibility index (Phi) is 2.40. The van der Waals surface area contributed by atoms with Crippen LogP contribution in [0.15, 0.2) is 29.2 Å². The molecule has 1 unspecified atom stereocenters. The van der Waals surface area contributed by atoms with E-state index < -0.39 is 10.7 Å². The molecule has 0 aliphatic heterocycles. The molecule has 2 nitrogen and oxygen atoms in total. The Labute approximate surface area is 68.4 Å². The van der Waals surface area contributed by atoms with Crippen LogP contribution < -0.4 is 0 Å². The standard InChI is InChI=1S/C8H8N2S/c1-11(10)8-4-2-7(6-9)3-5-8/h2-5,10H,1H3. The van der Waals surface area contributed by atoms with E-state index in [2.05, 4.69) is 0 Å². The summed E-state index contributed by atoms with van der Waals surface area (Å²) in [5.74, 6) is 0. The molecule has 0 radical (unpaired) electrons. The van der Waals surface area contributed by atoms with Crippen LogP contribution in [0.4, 0.5) is 0 Å². The van der Waals surface area contributed by atoms with Crippen molar-refractivity contribution in [3.8, 4) is 6.07 Å². The average molecular weight is 164 g/mol. The van der Waals surface area contributed by atoms with E-state index in [4.69, 9.17) is 10.0 Å². The second-order valence-electron chi connectivity index (χ2n) is 2.15. The van der Waals surface area contributed by atoms with Gasteiger partial charge in [-0.2, -0.15) is 5.26 Å². The SMILES string of the molecule is CS(=N)c1ccc(C#N)cc1. The molecule has 3 heteroatoms. The van der Waals surface area contributed by atoms with E-state index in [1.165, 1.54) is 0 Å². The molecule has 1 aromatic carbocycles.